The number of non-ortho nitro benzene ring substituents is 1. The highest BCUT2D eigenvalue weighted by Gasteiger charge is 2.18. The quantitative estimate of drug-likeness (QED) is 0.352. The number of carboxylic acid groups (broad SMARTS) is 3. The van der Waals surface area contributed by atoms with Crippen LogP contribution >= 0.6 is 0 Å². The smallest absolute Gasteiger partial charge is 0.317 e. The Bertz CT molecular complexity index is 774. The van der Waals surface area contributed by atoms with Gasteiger partial charge in [-0.25, -0.2) is 0 Å². The molecule has 1 aliphatic rings. The molecule has 3 N–H and O–H groups in total. The zero-order chi connectivity index (χ0) is 25.5. The lowest BCUT2D eigenvalue weighted by molar-refractivity contribution is -0.384. The maximum absolute atomic E-state index is 11.0. The fraction of sp³-hybridized carbons (Fsp3) is 0.571. The topological polar surface area (TPSA) is 174 Å². The lowest BCUT2D eigenvalue weighted by atomic mass is 10.2. The van der Waals surface area contributed by atoms with Gasteiger partial charge in [0.15, 0.2) is 0 Å². The van der Waals surface area contributed by atoms with Gasteiger partial charge in [-0.1, -0.05) is 17.7 Å². The highest BCUT2D eigenvalue weighted by Crippen LogP contribution is 2.10. The molecule has 0 bridgehead atoms. The van der Waals surface area contributed by atoms with E-state index < -0.39 is 22.8 Å². The van der Waals surface area contributed by atoms with Gasteiger partial charge in [-0.3, -0.25) is 39.2 Å². The van der Waals surface area contributed by atoms with Gasteiger partial charge in [-0.15, -0.1) is 0 Å². The first-order chi connectivity index (χ1) is 16.1. The summed E-state index contributed by atoms with van der Waals surface area (Å²) in [4.78, 5) is 47.6. The lowest BCUT2D eigenvalue weighted by Gasteiger charge is -2.29. The summed E-state index contributed by atoms with van der Waals surface area (Å²) in [5.74, 6) is -2.86. The fourth-order valence-corrected chi connectivity index (χ4v) is 3.11. The van der Waals surface area contributed by atoms with Gasteiger partial charge in [-0.2, -0.15) is 0 Å². The molecule has 0 amide bonds. The van der Waals surface area contributed by atoms with Gasteiger partial charge in [0, 0.05) is 51.4 Å². The van der Waals surface area contributed by atoms with Gasteiger partial charge < -0.3 is 20.1 Å². The summed E-state index contributed by atoms with van der Waals surface area (Å²) in [6.45, 7) is 4.58. The molecule has 190 valence electrons. The Morgan fingerprint density at radius 2 is 1.15 bits per heavy atom. The molecule has 34 heavy (non-hydrogen) atoms. The number of nitro groups is 1. The molecule has 1 heterocycles. The minimum absolute atomic E-state index is 0.130. The maximum atomic E-state index is 11.0. The Labute approximate surface area is 197 Å². The first kappa shape index (κ1) is 28.9. The van der Waals surface area contributed by atoms with Gasteiger partial charge in [0.2, 0.25) is 0 Å². The lowest BCUT2D eigenvalue weighted by Crippen LogP contribution is -2.45. The fourth-order valence-electron chi connectivity index (χ4n) is 3.11. The highest BCUT2D eigenvalue weighted by molar-refractivity contribution is 5.69. The van der Waals surface area contributed by atoms with Crippen molar-refractivity contribution in [2.45, 2.75) is 6.92 Å². The van der Waals surface area contributed by atoms with Crippen molar-refractivity contribution in [3.8, 4) is 0 Å². The van der Waals surface area contributed by atoms with E-state index in [9.17, 15) is 24.5 Å². The van der Waals surface area contributed by atoms with E-state index in [-0.39, 0.29) is 25.3 Å². The molecule has 0 aromatic heterocycles. The van der Waals surface area contributed by atoms with Crippen molar-refractivity contribution < 1.29 is 39.4 Å². The number of nitro benzene ring substituents is 1. The third kappa shape index (κ3) is 13.4. The zero-order valence-electron chi connectivity index (χ0n) is 19.2. The molecule has 0 spiro atoms. The van der Waals surface area contributed by atoms with Crippen molar-refractivity contribution in [1.82, 2.24) is 14.7 Å². The average molecular weight is 485 g/mol. The third-order valence-electron chi connectivity index (χ3n) is 4.89. The molecule has 1 aromatic carbocycles. The summed E-state index contributed by atoms with van der Waals surface area (Å²) in [6, 6.07) is 6.43. The highest BCUT2D eigenvalue weighted by atomic mass is 16.6. The normalized spacial score (nSPS) is 16.9. The average Bonchev–Trinajstić information content (AvgIpc) is 2.73. The van der Waals surface area contributed by atoms with Crippen LogP contribution in [0.15, 0.2) is 24.3 Å². The molecule has 1 saturated heterocycles. The molecule has 0 saturated carbocycles. The second-order valence-corrected chi connectivity index (χ2v) is 7.71. The van der Waals surface area contributed by atoms with Crippen LogP contribution in [0, 0.1) is 17.0 Å². The number of hydrogen-bond donors (Lipinski definition) is 3. The van der Waals surface area contributed by atoms with Crippen LogP contribution < -0.4 is 0 Å². The van der Waals surface area contributed by atoms with Gasteiger partial charge in [0.05, 0.1) is 37.8 Å². The maximum Gasteiger partial charge on any atom is 0.317 e. The molecule has 13 nitrogen and oxygen atoms in total. The van der Waals surface area contributed by atoms with E-state index in [0.717, 1.165) is 5.56 Å². The predicted molar refractivity (Wildman–Crippen MR) is 121 cm³/mol. The molecule has 0 aliphatic carbocycles. The second kappa shape index (κ2) is 15.7. The number of nitrogens with zero attached hydrogens (tertiary/aromatic N) is 4. The first-order valence-corrected chi connectivity index (χ1v) is 10.7. The molecule has 13 heteroatoms. The van der Waals surface area contributed by atoms with E-state index in [4.69, 9.17) is 20.1 Å². The summed E-state index contributed by atoms with van der Waals surface area (Å²) < 4.78 is 5.44. The Hall–Kier alpha value is -3.13. The number of ether oxygens (including phenoxy) is 1. The summed E-state index contributed by atoms with van der Waals surface area (Å²) in [5, 5.41) is 37.0. The summed E-state index contributed by atoms with van der Waals surface area (Å²) >= 11 is 0. The number of carbonyl (C=O) groups is 3. The minimum Gasteiger partial charge on any atom is -0.480 e. The van der Waals surface area contributed by atoms with Crippen molar-refractivity contribution in [3.63, 3.8) is 0 Å². The number of benzene rings is 1. The van der Waals surface area contributed by atoms with Crippen molar-refractivity contribution in [2.24, 2.45) is 0 Å². The van der Waals surface area contributed by atoms with E-state index in [1.807, 2.05) is 6.92 Å². The molecular weight excluding hydrogens is 452 g/mol. The number of aryl methyl sites for hydroxylation is 1. The summed E-state index contributed by atoms with van der Waals surface area (Å²) in [5.41, 5.74) is 1.18. The summed E-state index contributed by atoms with van der Waals surface area (Å²) in [7, 11) is 0. The molecule has 0 atom stereocenters. The van der Waals surface area contributed by atoms with Crippen molar-refractivity contribution in [1.29, 1.82) is 0 Å². The van der Waals surface area contributed by atoms with Gasteiger partial charge >= 0.3 is 17.9 Å². The van der Waals surface area contributed by atoms with E-state index in [0.29, 0.717) is 52.5 Å². The second-order valence-electron chi connectivity index (χ2n) is 7.71. The van der Waals surface area contributed by atoms with Crippen LogP contribution in [0.5, 0.6) is 0 Å². The molecule has 1 aliphatic heterocycles. The van der Waals surface area contributed by atoms with E-state index in [1.165, 1.54) is 12.1 Å². The number of carboxylic acids is 3. The van der Waals surface area contributed by atoms with Crippen molar-refractivity contribution in [3.05, 3.63) is 39.9 Å². The molecule has 1 fully saturated rings. The third-order valence-corrected chi connectivity index (χ3v) is 4.89. The van der Waals surface area contributed by atoms with Crippen molar-refractivity contribution >= 4 is 23.6 Å². The Kier molecular flexibility index (Phi) is 13.3. The molecule has 0 radical (unpaired) electrons. The van der Waals surface area contributed by atoms with Gasteiger partial charge in [0.25, 0.3) is 5.69 Å². The minimum atomic E-state index is -0.972. The largest absolute Gasteiger partial charge is 0.480 e. The van der Waals surface area contributed by atoms with Crippen molar-refractivity contribution in [2.75, 3.05) is 72.1 Å². The Morgan fingerprint density at radius 3 is 1.47 bits per heavy atom. The standard InChI is InChI=1S/C14H25N3O7.C7H7NO2/c18-12(19)9-15-1-3-16(10-13(20)21)5-7-24-8-6-17(4-2-15)11-14(22)23;1-6-2-4-7(5-3-6)8(9)10/h1-11H2,(H,18,19)(H,20,21)(H,22,23);2-5H,1H3. The van der Waals surface area contributed by atoms with E-state index >= 15 is 0 Å². The van der Waals surface area contributed by atoms with Gasteiger partial charge in [0.1, 0.15) is 0 Å². The van der Waals surface area contributed by atoms with Crippen LogP contribution in [-0.2, 0) is 19.1 Å². The van der Waals surface area contributed by atoms with Crippen LogP contribution in [0.4, 0.5) is 5.69 Å². The molecule has 1 aromatic rings. The zero-order valence-corrected chi connectivity index (χ0v) is 19.2. The number of hydrogen-bond acceptors (Lipinski definition) is 9. The molecular formula is C21H32N4O9. The molecule has 0 unspecified atom stereocenters. The molecule has 2 rings (SSSR count). The van der Waals surface area contributed by atoms with Crippen LogP contribution in [0.2, 0.25) is 0 Å². The first-order valence-electron chi connectivity index (χ1n) is 10.7. The van der Waals surface area contributed by atoms with Crippen LogP contribution in [0.3, 0.4) is 0 Å². The predicted octanol–water partition coefficient (Wildman–Crippen LogP) is 0.0796. The van der Waals surface area contributed by atoms with Crippen LogP contribution in [-0.4, -0.2) is 125 Å². The summed E-state index contributed by atoms with van der Waals surface area (Å²) in [6.07, 6.45) is 0. The van der Waals surface area contributed by atoms with Crippen LogP contribution in [0.25, 0.3) is 0 Å². The van der Waals surface area contributed by atoms with Crippen LogP contribution in [0.1, 0.15) is 5.56 Å². The number of aliphatic carboxylic acids is 3. The van der Waals surface area contributed by atoms with E-state index in [2.05, 4.69) is 0 Å². The number of rotatable bonds is 7. The van der Waals surface area contributed by atoms with Gasteiger partial charge in [-0.05, 0) is 6.92 Å². The monoisotopic (exact) mass is 484 g/mol. The van der Waals surface area contributed by atoms with E-state index in [1.54, 1.807) is 26.8 Å². The Balaban J connectivity index is 0.000000479. The Morgan fingerprint density at radius 1 is 0.794 bits per heavy atom. The SMILES string of the molecule is Cc1ccc([N+](=O)[O-])cc1.O=C(O)CN1CCOCCN(CC(=O)O)CCN(CC(=O)O)CC1.